The minimum atomic E-state index is -1.19. The number of imide groups is 1. The van der Waals surface area contributed by atoms with Crippen molar-refractivity contribution in [3.63, 3.8) is 0 Å². The van der Waals surface area contributed by atoms with Gasteiger partial charge in [0.1, 0.15) is 5.38 Å². The van der Waals surface area contributed by atoms with Crippen LogP contribution in [-0.4, -0.2) is 22.1 Å². The molecule has 16 heavy (non-hydrogen) atoms. The van der Waals surface area contributed by atoms with E-state index in [0.29, 0.717) is 10.6 Å². The number of nitrogens with zero attached hydrogens (tertiary/aromatic N) is 1. The van der Waals surface area contributed by atoms with Crippen LogP contribution >= 0.6 is 23.2 Å². The molecule has 0 saturated heterocycles. The Hall–Kier alpha value is -1.10. The molecule has 1 atom stereocenters. The molecule has 1 aromatic carbocycles. The van der Waals surface area contributed by atoms with Crippen molar-refractivity contribution in [2.45, 2.75) is 12.3 Å². The van der Waals surface area contributed by atoms with E-state index in [2.05, 4.69) is 0 Å². The fraction of sp³-hybridized carbons (Fsp3) is 0.200. The summed E-state index contributed by atoms with van der Waals surface area (Å²) in [5.41, 5.74) is 0.344. The first-order chi connectivity index (χ1) is 7.45. The number of hydrogen-bond donors (Lipinski definition) is 1. The van der Waals surface area contributed by atoms with Gasteiger partial charge in [0.15, 0.2) is 0 Å². The van der Waals surface area contributed by atoms with Gasteiger partial charge in [0.2, 0.25) is 5.91 Å². The summed E-state index contributed by atoms with van der Waals surface area (Å²) in [6.45, 7) is 1.05. The lowest BCUT2D eigenvalue weighted by atomic mass is 10.1. The van der Waals surface area contributed by atoms with E-state index in [1.807, 2.05) is 0 Å². The lowest BCUT2D eigenvalue weighted by Crippen LogP contribution is -2.34. The molecule has 1 aromatic rings. The average molecular weight is 262 g/mol. The number of alkyl halides is 1. The Morgan fingerprint density at radius 2 is 1.94 bits per heavy atom. The first kappa shape index (κ1) is 13.0. The van der Waals surface area contributed by atoms with Gasteiger partial charge in [-0.2, -0.15) is 5.06 Å². The Labute approximate surface area is 102 Å². The van der Waals surface area contributed by atoms with Crippen LogP contribution in [0, 0.1) is 0 Å². The third kappa shape index (κ3) is 2.72. The molecule has 0 heterocycles. The quantitative estimate of drug-likeness (QED) is 0.505. The molecule has 4 nitrogen and oxygen atoms in total. The van der Waals surface area contributed by atoms with E-state index in [0.717, 1.165) is 6.92 Å². The Morgan fingerprint density at radius 3 is 2.44 bits per heavy atom. The second-order valence-corrected chi connectivity index (χ2v) is 3.90. The van der Waals surface area contributed by atoms with Gasteiger partial charge in [0, 0.05) is 11.9 Å². The Kier molecular flexibility index (Phi) is 4.29. The predicted octanol–water partition coefficient (Wildman–Crippen LogP) is 2.38. The highest BCUT2D eigenvalue weighted by molar-refractivity contribution is 6.36. The van der Waals surface area contributed by atoms with Crippen LogP contribution < -0.4 is 0 Å². The summed E-state index contributed by atoms with van der Waals surface area (Å²) in [5, 5.41) is 8.20. The molecule has 0 radical (unpaired) electrons. The summed E-state index contributed by atoms with van der Waals surface area (Å²) in [6.07, 6.45) is 0. The van der Waals surface area contributed by atoms with Crippen molar-refractivity contribution in [1.29, 1.82) is 0 Å². The minimum Gasteiger partial charge on any atom is -0.278 e. The van der Waals surface area contributed by atoms with Gasteiger partial charge in [-0.25, -0.2) is 0 Å². The SMILES string of the molecule is CC(=O)N(O)C(=O)C(Cl)c1ccccc1Cl. The van der Waals surface area contributed by atoms with Gasteiger partial charge in [0.25, 0.3) is 5.91 Å². The topological polar surface area (TPSA) is 57.6 Å². The number of amides is 2. The first-order valence-corrected chi connectivity index (χ1v) is 5.18. The monoisotopic (exact) mass is 261 g/mol. The van der Waals surface area contributed by atoms with Crippen LogP contribution in [0.5, 0.6) is 0 Å². The lowest BCUT2D eigenvalue weighted by molar-refractivity contribution is -0.177. The molecule has 0 fully saturated rings. The number of benzene rings is 1. The number of hydroxylamine groups is 2. The molecular weight excluding hydrogens is 253 g/mol. The molecule has 0 aromatic heterocycles. The van der Waals surface area contributed by atoms with Crippen molar-refractivity contribution in [3.8, 4) is 0 Å². The summed E-state index contributed by atoms with van der Waals surface area (Å²) in [6, 6.07) is 6.45. The molecule has 86 valence electrons. The van der Waals surface area contributed by atoms with Gasteiger partial charge in [0.05, 0.1) is 0 Å². The molecule has 0 bridgehead atoms. The Balaban J connectivity index is 2.95. The highest BCUT2D eigenvalue weighted by Crippen LogP contribution is 2.28. The van der Waals surface area contributed by atoms with Crippen LogP contribution in [-0.2, 0) is 9.59 Å². The molecule has 1 N–H and O–H groups in total. The van der Waals surface area contributed by atoms with Crippen LogP contribution in [0.25, 0.3) is 0 Å². The van der Waals surface area contributed by atoms with Crippen molar-refractivity contribution >= 4 is 35.0 Å². The Bertz CT molecular complexity index is 422. The van der Waals surface area contributed by atoms with Gasteiger partial charge in [-0.1, -0.05) is 29.8 Å². The maximum absolute atomic E-state index is 11.5. The zero-order chi connectivity index (χ0) is 12.3. The summed E-state index contributed by atoms with van der Waals surface area (Å²) >= 11 is 11.6. The van der Waals surface area contributed by atoms with Crippen molar-refractivity contribution < 1.29 is 14.8 Å². The predicted molar refractivity (Wildman–Crippen MR) is 59.4 cm³/mol. The molecule has 0 aliphatic rings. The van der Waals surface area contributed by atoms with Gasteiger partial charge < -0.3 is 0 Å². The molecular formula is C10H9Cl2NO3. The number of carbonyl (C=O) groups excluding carboxylic acids is 2. The molecule has 0 aliphatic heterocycles. The van der Waals surface area contributed by atoms with Crippen LogP contribution in [0.3, 0.4) is 0 Å². The molecule has 0 saturated carbocycles. The van der Waals surface area contributed by atoms with E-state index in [9.17, 15) is 9.59 Å². The van der Waals surface area contributed by atoms with Gasteiger partial charge in [-0.15, -0.1) is 11.6 Å². The lowest BCUT2D eigenvalue weighted by Gasteiger charge is -2.15. The Morgan fingerprint density at radius 1 is 1.38 bits per heavy atom. The second kappa shape index (κ2) is 5.30. The minimum absolute atomic E-state index is 0.0268. The van der Waals surface area contributed by atoms with Gasteiger partial charge >= 0.3 is 0 Å². The largest absolute Gasteiger partial charge is 0.278 e. The number of rotatable bonds is 2. The summed E-state index contributed by atoms with van der Waals surface area (Å²) < 4.78 is 0. The van der Waals surface area contributed by atoms with Crippen LogP contribution in [0.15, 0.2) is 24.3 Å². The molecule has 2 amide bonds. The van der Waals surface area contributed by atoms with Crippen molar-refractivity contribution in [3.05, 3.63) is 34.9 Å². The van der Waals surface area contributed by atoms with Gasteiger partial charge in [-0.05, 0) is 11.6 Å². The van der Waals surface area contributed by atoms with E-state index in [1.165, 1.54) is 0 Å². The van der Waals surface area contributed by atoms with E-state index in [1.54, 1.807) is 24.3 Å². The van der Waals surface area contributed by atoms with Crippen molar-refractivity contribution in [2.24, 2.45) is 0 Å². The molecule has 0 spiro atoms. The van der Waals surface area contributed by atoms with Crippen LogP contribution in [0.1, 0.15) is 17.9 Å². The fourth-order valence-electron chi connectivity index (χ4n) is 1.08. The fourth-order valence-corrected chi connectivity index (χ4v) is 1.66. The summed E-state index contributed by atoms with van der Waals surface area (Å²) in [5.74, 6) is -1.73. The normalized spacial score (nSPS) is 12.0. The van der Waals surface area contributed by atoms with Gasteiger partial charge in [-0.3, -0.25) is 14.8 Å². The number of halogens is 2. The van der Waals surface area contributed by atoms with Crippen molar-refractivity contribution in [1.82, 2.24) is 5.06 Å². The second-order valence-electron chi connectivity index (χ2n) is 3.05. The highest BCUT2D eigenvalue weighted by atomic mass is 35.5. The molecule has 6 heteroatoms. The van der Waals surface area contributed by atoms with E-state index in [4.69, 9.17) is 28.4 Å². The number of carbonyl (C=O) groups is 2. The molecule has 0 aliphatic carbocycles. The smallest absolute Gasteiger partial charge is 0.275 e. The maximum atomic E-state index is 11.5. The molecule has 1 rings (SSSR count). The zero-order valence-electron chi connectivity index (χ0n) is 8.35. The average Bonchev–Trinajstić information content (AvgIpc) is 2.26. The van der Waals surface area contributed by atoms with E-state index < -0.39 is 17.2 Å². The molecule has 1 unspecified atom stereocenters. The number of hydrogen-bond acceptors (Lipinski definition) is 3. The van der Waals surface area contributed by atoms with Crippen LogP contribution in [0.2, 0.25) is 5.02 Å². The van der Waals surface area contributed by atoms with E-state index in [-0.39, 0.29) is 5.06 Å². The van der Waals surface area contributed by atoms with Crippen molar-refractivity contribution in [2.75, 3.05) is 0 Å². The standard InChI is InChI=1S/C10H9Cl2NO3/c1-6(14)13(16)10(15)9(12)7-4-2-3-5-8(7)11/h2-5,9,16H,1H3. The summed E-state index contributed by atoms with van der Waals surface area (Å²) in [7, 11) is 0. The van der Waals surface area contributed by atoms with Crippen LogP contribution in [0.4, 0.5) is 0 Å². The third-order valence-corrected chi connectivity index (χ3v) is 2.67. The zero-order valence-corrected chi connectivity index (χ0v) is 9.87. The highest BCUT2D eigenvalue weighted by Gasteiger charge is 2.26. The summed E-state index contributed by atoms with van der Waals surface area (Å²) in [4.78, 5) is 22.3. The van der Waals surface area contributed by atoms with E-state index >= 15 is 0 Å². The maximum Gasteiger partial charge on any atom is 0.275 e. The first-order valence-electron chi connectivity index (χ1n) is 4.37. The third-order valence-electron chi connectivity index (χ3n) is 1.90.